The third-order valence-electron chi connectivity index (χ3n) is 2.03. The van der Waals surface area contributed by atoms with E-state index in [4.69, 9.17) is 0 Å². The fourth-order valence-corrected chi connectivity index (χ4v) is 1.07. The van der Waals surface area contributed by atoms with Crippen molar-refractivity contribution in [2.24, 2.45) is 0 Å². The van der Waals surface area contributed by atoms with Gasteiger partial charge in [0.25, 0.3) is 0 Å². The lowest BCUT2D eigenvalue weighted by molar-refractivity contribution is -0.139. The second kappa shape index (κ2) is 5.07. The van der Waals surface area contributed by atoms with Crippen LogP contribution in [0.1, 0.15) is 26.5 Å². The van der Waals surface area contributed by atoms with Gasteiger partial charge in [0, 0.05) is 6.54 Å². The van der Waals surface area contributed by atoms with E-state index in [1.165, 1.54) is 7.11 Å². The second-order valence-electron chi connectivity index (χ2n) is 4.50. The van der Waals surface area contributed by atoms with Gasteiger partial charge in [-0.3, -0.25) is 4.79 Å². The first-order valence-electron chi connectivity index (χ1n) is 5.12. The number of esters is 1. The molecule has 6 nitrogen and oxygen atoms in total. The van der Waals surface area contributed by atoms with Crippen molar-refractivity contribution in [1.82, 2.24) is 20.3 Å². The van der Waals surface area contributed by atoms with Gasteiger partial charge in [-0.25, -0.2) is 4.68 Å². The van der Waals surface area contributed by atoms with E-state index in [2.05, 4.69) is 20.4 Å². The van der Waals surface area contributed by atoms with Crippen molar-refractivity contribution in [3.05, 3.63) is 11.9 Å². The Hall–Kier alpha value is -1.43. The maximum atomic E-state index is 10.8. The molecule has 16 heavy (non-hydrogen) atoms. The van der Waals surface area contributed by atoms with E-state index in [-0.39, 0.29) is 18.1 Å². The summed E-state index contributed by atoms with van der Waals surface area (Å²) in [6, 6.07) is 0. The van der Waals surface area contributed by atoms with Crippen LogP contribution in [-0.4, -0.2) is 34.6 Å². The summed E-state index contributed by atoms with van der Waals surface area (Å²) in [5, 5.41) is 10.9. The maximum absolute atomic E-state index is 10.8. The lowest BCUT2D eigenvalue weighted by Crippen LogP contribution is -2.24. The van der Waals surface area contributed by atoms with E-state index in [0.717, 1.165) is 5.69 Å². The minimum Gasteiger partial charge on any atom is -0.468 e. The van der Waals surface area contributed by atoms with Crippen molar-refractivity contribution in [3.8, 4) is 0 Å². The Bertz CT molecular complexity index is 354. The van der Waals surface area contributed by atoms with Crippen LogP contribution in [0, 0.1) is 0 Å². The highest BCUT2D eigenvalue weighted by atomic mass is 16.5. The van der Waals surface area contributed by atoms with Crippen LogP contribution < -0.4 is 5.32 Å². The predicted octanol–water partition coefficient (Wildman–Crippen LogP) is 0.296. The quantitative estimate of drug-likeness (QED) is 0.748. The summed E-state index contributed by atoms with van der Waals surface area (Å²) in [4.78, 5) is 10.8. The summed E-state index contributed by atoms with van der Waals surface area (Å²) in [5.41, 5.74) is 0.729. The van der Waals surface area contributed by atoms with E-state index in [1.807, 2.05) is 27.0 Å². The summed E-state index contributed by atoms with van der Waals surface area (Å²) < 4.78 is 6.30. The summed E-state index contributed by atoms with van der Waals surface area (Å²) in [5.74, 6) is -0.289. The molecule has 90 valence electrons. The number of hydrogen-bond donors (Lipinski definition) is 1. The average molecular weight is 226 g/mol. The normalized spacial score (nSPS) is 11.5. The van der Waals surface area contributed by atoms with Crippen LogP contribution in [0.5, 0.6) is 0 Å². The van der Waals surface area contributed by atoms with Crippen molar-refractivity contribution in [2.75, 3.05) is 13.7 Å². The van der Waals surface area contributed by atoms with Gasteiger partial charge in [0.15, 0.2) is 0 Å². The SMILES string of the molecule is COC(=O)CNCc1cn(C(C)(C)C)nn1. The molecule has 0 aliphatic carbocycles. The van der Waals surface area contributed by atoms with Crippen molar-refractivity contribution >= 4 is 5.97 Å². The number of aromatic nitrogens is 3. The first kappa shape index (κ1) is 12.6. The predicted molar refractivity (Wildman–Crippen MR) is 58.7 cm³/mol. The largest absolute Gasteiger partial charge is 0.468 e. The monoisotopic (exact) mass is 226 g/mol. The van der Waals surface area contributed by atoms with Gasteiger partial charge in [-0.15, -0.1) is 5.10 Å². The van der Waals surface area contributed by atoms with Gasteiger partial charge in [-0.05, 0) is 20.8 Å². The molecular weight excluding hydrogens is 208 g/mol. The Morgan fingerprint density at radius 3 is 2.75 bits per heavy atom. The molecule has 0 bridgehead atoms. The van der Waals surface area contributed by atoms with Crippen molar-refractivity contribution in [1.29, 1.82) is 0 Å². The zero-order valence-corrected chi connectivity index (χ0v) is 10.1. The topological polar surface area (TPSA) is 69.0 Å². The molecule has 0 radical (unpaired) electrons. The second-order valence-corrected chi connectivity index (χ2v) is 4.50. The number of carbonyl (C=O) groups is 1. The molecule has 0 atom stereocenters. The van der Waals surface area contributed by atoms with E-state index < -0.39 is 0 Å². The number of hydrogen-bond acceptors (Lipinski definition) is 5. The molecule has 0 amide bonds. The van der Waals surface area contributed by atoms with E-state index in [0.29, 0.717) is 6.54 Å². The van der Waals surface area contributed by atoms with Crippen molar-refractivity contribution < 1.29 is 9.53 Å². The standard InChI is InChI=1S/C10H18N4O2/c1-10(2,3)14-7-8(12-13-14)5-11-6-9(15)16-4/h7,11H,5-6H2,1-4H3. The fourth-order valence-electron chi connectivity index (χ4n) is 1.07. The highest BCUT2D eigenvalue weighted by molar-refractivity contribution is 5.71. The zero-order chi connectivity index (χ0) is 12.2. The molecule has 1 aromatic rings. The van der Waals surface area contributed by atoms with Crippen LogP contribution in [0.4, 0.5) is 0 Å². The van der Waals surface area contributed by atoms with Gasteiger partial charge < -0.3 is 10.1 Å². The number of methoxy groups -OCH3 is 1. The highest BCUT2D eigenvalue weighted by Crippen LogP contribution is 2.11. The van der Waals surface area contributed by atoms with Crippen LogP contribution in [0.25, 0.3) is 0 Å². The molecule has 0 saturated heterocycles. The van der Waals surface area contributed by atoms with Gasteiger partial charge in [-0.2, -0.15) is 0 Å². The summed E-state index contributed by atoms with van der Waals surface area (Å²) >= 11 is 0. The molecule has 1 rings (SSSR count). The first-order valence-corrected chi connectivity index (χ1v) is 5.12. The van der Waals surface area contributed by atoms with Crippen LogP contribution in [0.2, 0.25) is 0 Å². The Kier molecular flexibility index (Phi) is 4.00. The smallest absolute Gasteiger partial charge is 0.319 e. The third kappa shape index (κ3) is 3.62. The number of ether oxygens (including phenoxy) is 1. The fraction of sp³-hybridized carbons (Fsp3) is 0.700. The van der Waals surface area contributed by atoms with Gasteiger partial charge >= 0.3 is 5.97 Å². The van der Waals surface area contributed by atoms with Gasteiger partial charge in [0.1, 0.15) is 0 Å². The Labute approximate surface area is 95.0 Å². The lowest BCUT2D eigenvalue weighted by Gasteiger charge is -2.17. The van der Waals surface area contributed by atoms with Crippen LogP contribution in [0.15, 0.2) is 6.20 Å². The van der Waals surface area contributed by atoms with E-state index >= 15 is 0 Å². The molecule has 1 heterocycles. The molecule has 0 aliphatic rings. The van der Waals surface area contributed by atoms with Crippen molar-refractivity contribution in [2.45, 2.75) is 32.9 Å². The number of nitrogens with zero attached hydrogens (tertiary/aromatic N) is 3. The molecule has 1 aromatic heterocycles. The zero-order valence-electron chi connectivity index (χ0n) is 10.1. The Morgan fingerprint density at radius 2 is 2.25 bits per heavy atom. The number of rotatable bonds is 4. The molecule has 0 aliphatic heterocycles. The molecule has 0 spiro atoms. The van der Waals surface area contributed by atoms with Crippen molar-refractivity contribution in [3.63, 3.8) is 0 Å². The van der Waals surface area contributed by atoms with Crippen LogP contribution >= 0.6 is 0 Å². The number of nitrogens with one attached hydrogen (secondary N) is 1. The Balaban J connectivity index is 2.44. The minimum atomic E-state index is -0.289. The van der Waals surface area contributed by atoms with E-state index in [9.17, 15) is 4.79 Å². The highest BCUT2D eigenvalue weighted by Gasteiger charge is 2.14. The molecule has 0 unspecified atom stereocenters. The molecular formula is C10H18N4O2. The molecule has 0 saturated carbocycles. The van der Waals surface area contributed by atoms with Gasteiger partial charge in [0.2, 0.25) is 0 Å². The average Bonchev–Trinajstić information content (AvgIpc) is 2.65. The number of carbonyl (C=O) groups excluding carboxylic acids is 1. The lowest BCUT2D eigenvalue weighted by atomic mass is 10.1. The van der Waals surface area contributed by atoms with E-state index in [1.54, 1.807) is 4.68 Å². The summed E-state index contributed by atoms with van der Waals surface area (Å²) in [6.07, 6.45) is 1.87. The third-order valence-corrected chi connectivity index (χ3v) is 2.03. The summed E-state index contributed by atoms with van der Waals surface area (Å²) in [6.45, 7) is 6.83. The summed E-state index contributed by atoms with van der Waals surface area (Å²) in [7, 11) is 1.36. The van der Waals surface area contributed by atoms with Crippen LogP contribution in [-0.2, 0) is 21.6 Å². The van der Waals surface area contributed by atoms with Gasteiger partial charge in [-0.1, -0.05) is 5.21 Å². The molecule has 0 fully saturated rings. The minimum absolute atomic E-state index is 0.0758. The molecule has 1 N–H and O–H groups in total. The molecule has 0 aromatic carbocycles. The maximum Gasteiger partial charge on any atom is 0.319 e. The first-order chi connectivity index (χ1) is 7.43. The molecule has 6 heteroatoms. The van der Waals surface area contributed by atoms with Gasteiger partial charge in [0.05, 0.1) is 31.1 Å². The Morgan fingerprint density at radius 1 is 1.56 bits per heavy atom. The van der Waals surface area contributed by atoms with Crippen LogP contribution in [0.3, 0.4) is 0 Å².